The third-order valence-electron chi connectivity index (χ3n) is 4.82. The summed E-state index contributed by atoms with van der Waals surface area (Å²) < 4.78 is 26.9. The van der Waals surface area contributed by atoms with Crippen LogP contribution < -0.4 is 5.43 Å². The Kier molecular flexibility index (Phi) is 6.70. The largest absolute Gasteiger partial charge is 0.514 e. The van der Waals surface area contributed by atoms with Crippen LogP contribution in [0.2, 0.25) is 0 Å². The van der Waals surface area contributed by atoms with Crippen molar-refractivity contribution in [3.05, 3.63) is 39.9 Å². The predicted octanol–water partition coefficient (Wildman–Crippen LogP) is 0.483. The van der Waals surface area contributed by atoms with E-state index in [-0.39, 0.29) is 36.4 Å². The number of aromatic nitrogens is 4. The fraction of sp³-hybridized carbons (Fsp3) is 0.471. The van der Waals surface area contributed by atoms with Crippen LogP contribution >= 0.6 is 0 Å². The van der Waals surface area contributed by atoms with E-state index in [2.05, 4.69) is 25.9 Å². The normalized spacial score (nSPS) is 16.3. The van der Waals surface area contributed by atoms with Crippen molar-refractivity contribution in [3.8, 4) is 0 Å². The molecule has 3 rings (SSSR count). The van der Waals surface area contributed by atoms with E-state index in [0.29, 0.717) is 18.6 Å². The highest BCUT2D eigenvalue weighted by atomic mass is 32.2. The molecule has 2 heterocycles. The molecule has 0 saturated carbocycles. The maximum absolute atomic E-state index is 12.7. The zero-order valence-corrected chi connectivity index (χ0v) is 17.8. The van der Waals surface area contributed by atoms with Gasteiger partial charge in [-0.25, -0.2) is 13.8 Å². The van der Waals surface area contributed by atoms with Crippen molar-refractivity contribution in [2.24, 2.45) is 11.0 Å². The lowest BCUT2D eigenvalue weighted by Crippen LogP contribution is -2.42. The van der Waals surface area contributed by atoms with Crippen molar-refractivity contribution in [3.63, 3.8) is 0 Å². The van der Waals surface area contributed by atoms with E-state index in [1.54, 1.807) is 31.2 Å². The van der Waals surface area contributed by atoms with E-state index in [9.17, 15) is 23.3 Å². The van der Waals surface area contributed by atoms with Gasteiger partial charge in [-0.15, -0.1) is 0 Å². The van der Waals surface area contributed by atoms with Crippen molar-refractivity contribution in [2.75, 3.05) is 13.1 Å². The molecule has 0 atom stereocenters. The van der Waals surface area contributed by atoms with E-state index < -0.39 is 20.9 Å². The number of hydrogen-bond acceptors (Lipinski definition) is 9. The second-order valence-electron chi connectivity index (χ2n) is 7.19. The Morgan fingerprint density at radius 1 is 1.29 bits per heavy atom. The molecule has 0 unspecified atom stereocenters. The first kappa shape index (κ1) is 22.4. The number of carbonyl (C=O) groups is 1. The highest BCUT2D eigenvalue weighted by Gasteiger charge is 2.32. The quantitative estimate of drug-likeness (QED) is 0.361. The van der Waals surface area contributed by atoms with E-state index in [4.69, 9.17) is 0 Å². The summed E-state index contributed by atoms with van der Waals surface area (Å²) in [7, 11) is -3.59. The molecule has 0 aliphatic carbocycles. The van der Waals surface area contributed by atoms with Gasteiger partial charge in [0, 0.05) is 24.2 Å². The maximum atomic E-state index is 12.7. The van der Waals surface area contributed by atoms with Crippen molar-refractivity contribution >= 4 is 27.6 Å². The van der Waals surface area contributed by atoms with Crippen LogP contribution in [0.4, 0.5) is 5.95 Å². The lowest BCUT2D eigenvalue weighted by atomic mass is 9.98. The average molecular weight is 450 g/mol. The van der Waals surface area contributed by atoms with E-state index in [1.807, 2.05) is 6.92 Å². The highest BCUT2D eigenvalue weighted by Crippen LogP contribution is 2.24. The first-order valence-electron chi connectivity index (χ1n) is 9.49. The molecule has 1 aliphatic heterocycles. The van der Waals surface area contributed by atoms with E-state index in [1.165, 1.54) is 4.31 Å². The van der Waals surface area contributed by atoms with Crippen LogP contribution in [0.1, 0.15) is 25.3 Å². The number of tetrazole rings is 1. The molecule has 2 aromatic rings. The summed E-state index contributed by atoms with van der Waals surface area (Å²) >= 11 is 0. The van der Waals surface area contributed by atoms with Crippen LogP contribution in [0.3, 0.4) is 0 Å². The number of piperidine rings is 1. The minimum atomic E-state index is -3.59. The Morgan fingerprint density at radius 3 is 2.52 bits per heavy atom. The van der Waals surface area contributed by atoms with E-state index >= 15 is 0 Å². The molecule has 0 spiro atoms. The molecule has 1 aromatic carbocycles. The van der Waals surface area contributed by atoms with Crippen molar-refractivity contribution < 1.29 is 18.1 Å². The lowest BCUT2D eigenvalue weighted by Gasteiger charge is -2.30. The summed E-state index contributed by atoms with van der Waals surface area (Å²) in [5.41, 5.74) is 3.84. The number of aryl methyl sites for hydroxylation is 1. The van der Waals surface area contributed by atoms with Crippen LogP contribution in [-0.4, -0.2) is 62.6 Å². The molecule has 1 aliphatic rings. The number of carbonyl (C=O) groups excluding carboxylic acids is 1. The summed E-state index contributed by atoms with van der Waals surface area (Å²) in [6.07, 6.45) is 0.755. The second-order valence-corrected chi connectivity index (χ2v) is 9.13. The van der Waals surface area contributed by atoms with Crippen LogP contribution in [0.15, 0.2) is 34.3 Å². The fourth-order valence-corrected chi connectivity index (χ4v) is 4.54. The van der Waals surface area contributed by atoms with Gasteiger partial charge in [0.2, 0.25) is 15.9 Å². The van der Waals surface area contributed by atoms with E-state index in [0.717, 1.165) is 10.4 Å². The molecule has 1 saturated heterocycles. The predicted molar refractivity (Wildman–Crippen MR) is 108 cm³/mol. The first-order valence-corrected chi connectivity index (χ1v) is 10.9. The SMILES string of the molecule is C/C(Cn1nnc([N+](=O)[O-])n1)=N\NC(=O)C1CCN(S(=O)(=O)c2ccc(C)cc2)CC1. The molecule has 13 nitrogen and oxygen atoms in total. The molecular formula is C17H22N8O5S. The topological polar surface area (TPSA) is 166 Å². The zero-order valence-electron chi connectivity index (χ0n) is 17.0. The summed E-state index contributed by atoms with van der Waals surface area (Å²) in [6, 6.07) is 6.67. The Bertz CT molecular complexity index is 1090. The molecule has 1 fully saturated rings. The summed E-state index contributed by atoms with van der Waals surface area (Å²) in [4.78, 5) is 23.4. The van der Waals surface area contributed by atoms with Crippen molar-refractivity contribution in [1.82, 2.24) is 29.9 Å². The standard InChI is InChI=1S/C17H22N8O5S/c1-12-3-5-15(6-4-12)31(29,30)23-9-7-14(8-10-23)16(26)19-18-13(2)11-24-21-17(20-22-24)25(27)28/h3-6,14H,7-11H2,1-2H3,(H,19,26)/b18-13+. The smallest absolute Gasteiger partial charge is 0.390 e. The number of nitrogens with one attached hydrogen (secondary N) is 1. The van der Waals surface area contributed by atoms with Gasteiger partial charge < -0.3 is 10.1 Å². The van der Waals surface area contributed by atoms with Gasteiger partial charge >= 0.3 is 5.95 Å². The monoisotopic (exact) mass is 450 g/mol. The minimum Gasteiger partial charge on any atom is -0.390 e. The summed E-state index contributed by atoms with van der Waals surface area (Å²) in [5.74, 6) is -1.31. The van der Waals surface area contributed by atoms with Gasteiger partial charge in [-0.1, -0.05) is 22.5 Å². The van der Waals surface area contributed by atoms with Gasteiger partial charge in [0.1, 0.15) is 6.54 Å². The van der Waals surface area contributed by atoms with Gasteiger partial charge in [-0.05, 0) is 43.7 Å². The van der Waals surface area contributed by atoms with Gasteiger partial charge in [0.05, 0.1) is 20.8 Å². The maximum Gasteiger partial charge on any atom is 0.514 e. The lowest BCUT2D eigenvalue weighted by molar-refractivity contribution is -0.394. The summed E-state index contributed by atoms with van der Waals surface area (Å²) in [6.45, 7) is 3.99. The molecule has 1 aromatic heterocycles. The first-order chi connectivity index (χ1) is 14.7. The van der Waals surface area contributed by atoms with Crippen molar-refractivity contribution in [2.45, 2.75) is 38.1 Å². The molecule has 1 N–H and O–H groups in total. The number of nitro groups is 1. The number of amides is 1. The molecule has 1 amide bonds. The highest BCUT2D eigenvalue weighted by molar-refractivity contribution is 7.89. The average Bonchev–Trinajstić information content (AvgIpc) is 3.21. The Balaban J connectivity index is 1.52. The van der Waals surface area contributed by atoms with Gasteiger partial charge in [0.15, 0.2) is 0 Å². The van der Waals surface area contributed by atoms with Crippen LogP contribution in [-0.2, 0) is 21.4 Å². The van der Waals surface area contributed by atoms with Crippen LogP contribution in [0.25, 0.3) is 0 Å². The Hall–Kier alpha value is -3.26. The number of rotatable bonds is 7. The number of nitrogens with zero attached hydrogens (tertiary/aromatic N) is 7. The number of sulfonamides is 1. The minimum absolute atomic E-state index is 0.0222. The molecular weight excluding hydrogens is 428 g/mol. The molecule has 166 valence electrons. The zero-order chi connectivity index (χ0) is 22.6. The van der Waals surface area contributed by atoms with Gasteiger partial charge in [-0.2, -0.15) is 9.41 Å². The number of hydrogen-bond donors (Lipinski definition) is 1. The Labute approximate surface area is 178 Å². The van der Waals surface area contributed by atoms with Gasteiger partial charge in [0.25, 0.3) is 0 Å². The number of benzene rings is 1. The van der Waals surface area contributed by atoms with Gasteiger partial charge in [-0.3, -0.25) is 4.79 Å². The number of hydrazone groups is 1. The molecule has 0 radical (unpaired) electrons. The third-order valence-corrected chi connectivity index (χ3v) is 6.73. The molecule has 0 bridgehead atoms. The fourth-order valence-electron chi connectivity index (χ4n) is 3.07. The summed E-state index contributed by atoms with van der Waals surface area (Å²) in [5, 5.41) is 24.9. The van der Waals surface area contributed by atoms with Crippen LogP contribution in [0, 0.1) is 23.0 Å². The second kappa shape index (κ2) is 9.26. The molecule has 31 heavy (non-hydrogen) atoms. The Morgan fingerprint density at radius 2 is 1.94 bits per heavy atom. The third kappa shape index (κ3) is 5.46. The van der Waals surface area contributed by atoms with Crippen molar-refractivity contribution in [1.29, 1.82) is 0 Å². The van der Waals surface area contributed by atoms with Crippen LogP contribution in [0.5, 0.6) is 0 Å². The molecule has 14 heteroatoms.